The van der Waals surface area contributed by atoms with Gasteiger partial charge in [-0.05, 0) is 6.42 Å². The second kappa shape index (κ2) is 14.1. The molecule has 4 fully saturated rings. The van der Waals surface area contributed by atoms with Gasteiger partial charge in [0.1, 0.15) is 67.1 Å². The van der Waals surface area contributed by atoms with Crippen molar-refractivity contribution in [3.05, 3.63) is 0 Å². The van der Waals surface area contributed by atoms with Crippen molar-refractivity contribution in [2.45, 2.75) is 123 Å². The van der Waals surface area contributed by atoms with Gasteiger partial charge in [-0.3, -0.25) is 0 Å². The van der Waals surface area contributed by atoms with Gasteiger partial charge < -0.3 is 98.6 Å². The minimum atomic E-state index is -1.60. The highest BCUT2D eigenvalue weighted by Gasteiger charge is 2.54. The highest BCUT2D eigenvalue weighted by molar-refractivity contribution is 5.02. The summed E-state index contributed by atoms with van der Waals surface area (Å²) in [5.41, 5.74) is 35.6. The van der Waals surface area contributed by atoms with Gasteiger partial charge in [-0.1, -0.05) is 0 Å². The van der Waals surface area contributed by atoms with Crippen LogP contribution in [0.15, 0.2) is 0 Å². The van der Waals surface area contributed by atoms with Gasteiger partial charge in [0, 0.05) is 25.2 Å². The molecule has 3 aliphatic heterocycles. The molecular weight excluding hydrogens is 568 g/mol. The molecule has 0 spiro atoms. The van der Waals surface area contributed by atoms with E-state index in [1.165, 1.54) is 0 Å². The van der Waals surface area contributed by atoms with Crippen LogP contribution in [-0.2, 0) is 28.4 Å². The highest BCUT2D eigenvalue weighted by atomic mass is 16.8. The van der Waals surface area contributed by atoms with Gasteiger partial charge in [0.15, 0.2) is 18.9 Å². The Hall–Kier alpha value is -0.760. The van der Waals surface area contributed by atoms with Gasteiger partial charge in [0.25, 0.3) is 0 Å². The number of nitrogens with two attached hydrogens (primary N) is 6. The van der Waals surface area contributed by atoms with Crippen LogP contribution in [0.1, 0.15) is 6.42 Å². The summed E-state index contributed by atoms with van der Waals surface area (Å²) in [6, 6.07) is -4.18. The van der Waals surface area contributed by atoms with E-state index in [4.69, 9.17) is 62.8 Å². The third-order valence-corrected chi connectivity index (χ3v) is 8.37. The molecule has 0 bridgehead atoms. The minimum Gasteiger partial charge on any atom is -0.394 e. The Bertz CT molecular complexity index is 868. The maximum atomic E-state index is 11.1. The summed E-state index contributed by atoms with van der Waals surface area (Å²) in [6.45, 7) is -0.967. The van der Waals surface area contributed by atoms with Crippen LogP contribution >= 0.6 is 0 Å². The van der Waals surface area contributed by atoms with E-state index >= 15 is 0 Å². The normalized spacial score (nSPS) is 53.8. The van der Waals surface area contributed by atoms with E-state index in [2.05, 4.69) is 0 Å². The van der Waals surface area contributed by atoms with Gasteiger partial charge in [0.05, 0.1) is 24.8 Å². The second-order valence-electron chi connectivity index (χ2n) is 11.2. The second-order valence-corrected chi connectivity index (χ2v) is 11.2. The van der Waals surface area contributed by atoms with Crippen molar-refractivity contribution in [2.24, 2.45) is 34.4 Å². The molecule has 3 heterocycles. The maximum Gasteiger partial charge on any atom is 0.187 e. The SMILES string of the molecule is NC[C@H]1O[C@@H](O[C@H]2[C@@H](O)[C@H](O[C@@H]3[C@@H](O)[C@H](N)C[C@H](N)[C@H]3O[C@H]3O[C@H](CN)[C@@H](O)[C@H](O)[C@H]3N)O[C@@H]2CO)[C@@H](N)[C@H](O)[C@H]1O. The molecule has 1 saturated carbocycles. The van der Waals surface area contributed by atoms with Crippen molar-refractivity contribution in [1.82, 2.24) is 0 Å². The first kappa shape index (κ1) is 34.1. The topological polar surface area (TPSA) is 353 Å². The van der Waals surface area contributed by atoms with Crippen LogP contribution in [0.2, 0.25) is 0 Å². The number of aliphatic hydroxyl groups is 7. The van der Waals surface area contributed by atoms with Crippen molar-refractivity contribution in [2.75, 3.05) is 19.7 Å². The predicted octanol–water partition coefficient (Wildman–Crippen LogP) is -8.90. The summed E-state index contributed by atoms with van der Waals surface area (Å²) in [4.78, 5) is 0. The van der Waals surface area contributed by atoms with Crippen molar-refractivity contribution in [3.63, 3.8) is 0 Å². The number of hydrogen-bond acceptors (Lipinski definition) is 19. The Labute approximate surface area is 241 Å². The Morgan fingerprint density at radius 3 is 1.45 bits per heavy atom. The number of rotatable bonds is 9. The third kappa shape index (κ3) is 6.60. The molecule has 0 amide bonds. The van der Waals surface area contributed by atoms with Gasteiger partial charge in [-0.25, -0.2) is 0 Å². The van der Waals surface area contributed by atoms with Crippen molar-refractivity contribution < 1.29 is 64.2 Å². The molecule has 19 N–H and O–H groups in total. The Morgan fingerprint density at radius 2 is 0.976 bits per heavy atom. The quantitative estimate of drug-likeness (QED) is 0.115. The van der Waals surface area contributed by atoms with E-state index in [-0.39, 0.29) is 19.5 Å². The summed E-state index contributed by atoms with van der Waals surface area (Å²) in [7, 11) is 0. The lowest BCUT2D eigenvalue weighted by Crippen LogP contribution is -2.68. The first-order chi connectivity index (χ1) is 19.8. The zero-order valence-corrected chi connectivity index (χ0v) is 22.8. The number of ether oxygens (including phenoxy) is 6. The van der Waals surface area contributed by atoms with Crippen LogP contribution < -0.4 is 34.4 Å². The lowest BCUT2D eigenvalue weighted by Gasteiger charge is -2.47. The van der Waals surface area contributed by atoms with Crippen molar-refractivity contribution in [3.8, 4) is 0 Å². The molecule has 1 aliphatic carbocycles. The average Bonchev–Trinajstić information content (AvgIpc) is 3.27. The van der Waals surface area contributed by atoms with E-state index in [0.29, 0.717) is 0 Å². The largest absolute Gasteiger partial charge is 0.394 e. The maximum absolute atomic E-state index is 11.1. The molecular formula is C23H46N6O13. The summed E-state index contributed by atoms with van der Waals surface area (Å²) in [5, 5.41) is 73.0. The predicted molar refractivity (Wildman–Crippen MR) is 138 cm³/mol. The molecule has 0 unspecified atom stereocenters. The summed E-state index contributed by atoms with van der Waals surface area (Å²) in [5.74, 6) is 0. The Kier molecular flexibility index (Phi) is 11.5. The Morgan fingerprint density at radius 1 is 0.524 bits per heavy atom. The monoisotopic (exact) mass is 614 g/mol. The van der Waals surface area contributed by atoms with Crippen LogP contribution in [-0.4, -0.2) is 172 Å². The van der Waals surface area contributed by atoms with Crippen LogP contribution in [0.3, 0.4) is 0 Å². The van der Waals surface area contributed by atoms with E-state index in [0.717, 1.165) is 0 Å². The Balaban J connectivity index is 1.50. The molecule has 3 saturated heterocycles. The van der Waals surface area contributed by atoms with Gasteiger partial charge >= 0.3 is 0 Å². The van der Waals surface area contributed by atoms with Gasteiger partial charge in [-0.2, -0.15) is 0 Å². The minimum absolute atomic E-state index is 0.0889. The van der Waals surface area contributed by atoms with Gasteiger partial charge in [0.2, 0.25) is 0 Å². The molecule has 4 aliphatic rings. The van der Waals surface area contributed by atoms with Crippen LogP contribution in [0.4, 0.5) is 0 Å². The fourth-order valence-corrected chi connectivity index (χ4v) is 5.74. The molecule has 0 radical (unpaired) electrons. The smallest absolute Gasteiger partial charge is 0.187 e. The molecule has 19 atom stereocenters. The first-order valence-corrected chi connectivity index (χ1v) is 13.9. The molecule has 19 nitrogen and oxygen atoms in total. The molecule has 0 aromatic carbocycles. The van der Waals surface area contributed by atoms with Gasteiger partial charge in [-0.15, -0.1) is 0 Å². The molecule has 246 valence electrons. The zero-order chi connectivity index (χ0) is 31.0. The number of hydrogen-bond donors (Lipinski definition) is 13. The molecule has 4 rings (SSSR count). The van der Waals surface area contributed by atoms with Crippen molar-refractivity contribution >= 4 is 0 Å². The van der Waals surface area contributed by atoms with E-state index in [9.17, 15) is 35.7 Å². The van der Waals surface area contributed by atoms with E-state index in [1.807, 2.05) is 0 Å². The van der Waals surface area contributed by atoms with Crippen molar-refractivity contribution in [1.29, 1.82) is 0 Å². The van der Waals surface area contributed by atoms with Crippen LogP contribution in [0, 0.1) is 0 Å². The fraction of sp³-hybridized carbons (Fsp3) is 1.00. The van der Waals surface area contributed by atoms with Crippen LogP contribution in [0.5, 0.6) is 0 Å². The van der Waals surface area contributed by atoms with E-state index < -0.39 is 123 Å². The summed E-state index contributed by atoms with van der Waals surface area (Å²) >= 11 is 0. The lowest BCUT2D eigenvalue weighted by molar-refractivity contribution is -0.306. The summed E-state index contributed by atoms with van der Waals surface area (Å²) in [6.07, 6.45) is -19.8. The molecule has 19 heteroatoms. The molecule has 0 aromatic rings. The first-order valence-electron chi connectivity index (χ1n) is 13.9. The van der Waals surface area contributed by atoms with E-state index in [1.54, 1.807) is 0 Å². The lowest BCUT2D eigenvalue weighted by atomic mass is 9.84. The third-order valence-electron chi connectivity index (χ3n) is 8.37. The molecule has 42 heavy (non-hydrogen) atoms. The number of aliphatic hydroxyl groups excluding tert-OH is 7. The summed E-state index contributed by atoms with van der Waals surface area (Å²) < 4.78 is 34.6. The highest BCUT2D eigenvalue weighted by Crippen LogP contribution is 2.34. The standard InChI is InChI=1S/C23H46N6O13/c24-2-7-13(32)15(34)10(28)21(37-7)40-18-6(27)1-5(26)12(31)20(18)42-23-17(36)19(9(4-30)39-23)41-22-11(29)16(35)14(33)8(3-25)38-22/h5-23,30-36H,1-4,24-29H2/t5-,6+,7-,8-,9-,10-,11+,12+,13-,14+,15-,16+,17-,18-,19-,20-,21-,22+,23+/m1/s1. The molecule has 0 aromatic heterocycles. The van der Waals surface area contributed by atoms with Crippen LogP contribution in [0.25, 0.3) is 0 Å². The average molecular weight is 615 g/mol. The zero-order valence-electron chi connectivity index (χ0n) is 22.8. The fourth-order valence-electron chi connectivity index (χ4n) is 5.74.